The van der Waals surface area contributed by atoms with Gasteiger partial charge in [-0.15, -0.1) is 11.3 Å². The Morgan fingerprint density at radius 2 is 2.08 bits per heavy atom. The Bertz CT molecular complexity index is 794. The van der Waals surface area contributed by atoms with Crippen molar-refractivity contribution in [2.24, 2.45) is 0 Å². The monoisotopic (exact) mass is 355 g/mol. The lowest BCUT2D eigenvalue weighted by Gasteiger charge is -2.06. The van der Waals surface area contributed by atoms with Crippen LogP contribution in [-0.2, 0) is 17.8 Å². The average molecular weight is 355 g/mol. The lowest BCUT2D eigenvalue weighted by molar-refractivity contribution is -0.121. The van der Waals surface area contributed by atoms with E-state index in [1.54, 1.807) is 18.4 Å². The van der Waals surface area contributed by atoms with Crippen molar-refractivity contribution in [3.05, 3.63) is 59.6 Å². The molecule has 3 rings (SSSR count). The number of carbonyl (C=O) groups is 1. The zero-order valence-corrected chi connectivity index (χ0v) is 15.0. The normalized spacial score (nSPS) is 10.6. The summed E-state index contributed by atoms with van der Waals surface area (Å²) in [4.78, 5) is 13.1. The Kier molecular flexibility index (Phi) is 5.85. The molecule has 6 heteroatoms. The predicted octanol–water partition coefficient (Wildman–Crippen LogP) is 3.37. The smallest absolute Gasteiger partial charge is 0.220 e. The molecule has 0 atom stereocenters. The highest BCUT2D eigenvalue weighted by atomic mass is 32.1. The third kappa shape index (κ3) is 4.93. The second kappa shape index (κ2) is 8.48. The molecule has 1 N–H and O–H groups in total. The lowest BCUT2D eigenvalue weighted by atomic mass is 10.1. The van der Waals surface area contributed by atoms with Crippen LogP contribution in [0.5, 0.6) is 5.75 Å². The number of hydrogen-bond acceptors (Lipinski definition) is 4. The molecule has 0 bridgehead atoms. The second-order valence-corrected chi connectivity index (χ2v) is 6.59. The highest BCUT2D eigenvalue weighted by Crippen LogP contribution is 2.22. The zero-order chi connectivity index (χ0) is 17.5. The predicted molar refractivity (Wildman–Crippen MR) is 99.9 cm³/mol. The SMILES string of the molecule is COc1ccc(CCC(=O)NCCn2ccc(-c3cccs3)n2)cc1. The molecule has 25 heavy (non-hydrogen) atoms. The van der Waals surface area contributed by atoms with E-state index in [1.165, 1.54) is 0 Å². The van der Waals surface area contributed by atoms with E-state index in [2.05, 4.69) is 16.5 Å². The van der Waals surface area contributed by atoms with Gasteiger partial charge in [0.2, 0.25) is 5.91 Å². The Morgan fingerprint density at radius 1 is 1.24 bits per heavy atom. The molecule has 3 aromatic rings. The van der Waals surface area contributed by atoms with E-state index < -0.39 is 0 Å². The van der Waals surface area contributed by atoms with Crippen molar-refractivity contribution in [3.63, 3.8) is 0 Å². The van der Waals surface area contributed by atoms with Crippen LogP contribution in [0, 0.1) is 0 Å². The minimum absolute atomic E-state index is 0.0569. The van der Waals surface area contributed by atoms with E-state index in [-0.39, 0.29) is 5.91 Å². The van der Waals surface area contributed by atoms with Gasteiger partial charge in [0, 0.05) is 19.2 Å². The fourth-order valence-electron chi connectivity index (χ4n) is 2.49. The van der Waals surface area contributed by atoms with Crippen molar-refractivity contribution in [1.29, 1.82) is 0 Å². The van der Waals surface area contributed by atoms with Crippen molar-refractivity contribution in [2.75, 3.05) is 13.7 Å². The summed E-state index contributed by atoms with van der Waals surface area (Å²) in [6, 6.07) is 13.9. The summed E-state index contributed by atoms with van der Waals surface area (Å²) in [5.74, 6) is 0.885. The summed E-state index contributed by atoms with van der Waals surface area (Å²) in [6.45, 7) is 1.24. The molecule has 5 nitrogen and oxygen atoms in total. The summed E-state index contributed by atoms with van der Waals surface area (Å²) >= 11 is 1.67. The third-order valence-corrected chi connectivity index (χ3v) is 4.77. The maximum atomic E-state index is 12.0. The number of amides is 1. The summed E-state index contributed by atoms with van der Waals surface area (Å²) in [6.07, 6.45) is 3.14. The van der Waals surface area contributed by atoms with Gasteiger partial charge in [-0.3, -0.25) is 9.48 Å². The van der Waals surface area contributed by atoms with E-state index in [4.69, 9.17) is 4.74 Å². The number of hydrogen-bond donors (Lipinski definition) is 1. The van der Waals surface area contributed by atoms with Crippen molar-refractivity contribution in [3.8, 4) is 16.3 Å². The van der Waals surface area contributed by atoms with Crippen LogP contribution in [0.15, 0.2) is 54.0 Å². The maximum Gasteiger partial charge on any atom is 0.220 e. The molecule has 0 radical (unpaired) electrons. The van der Waals surface area contributed by atoms with Crippen LogP contribution < -0.4 is 10.1 Å². The number of aromatic nitrogens is 2. The first-order valence-electron chi connectivity index (χ1n) is 8.21. The van der Waals surface area contributed by atoms with Gasteiger partial charge in [-0.1, -0.05) is 18.2 Å². The first-order chi connectivity index (χ1) is 12.2. The number of aryl methyl sites for hydroxylation is 1. The van der Waals surface area contributed by atoms with Crippen molar-refractivity contribution in [1.82, 2.24) is 15.1 Å². The Balaban J connectivity index is 1.39. The van der Waals surface area contributed by atoms with Crippen molar-refractivity contribution >= 4 is 17.2 Å². The number of carbonyl (C=O) groups excluding carboxylic acids is 1. The van der Waals surface area contributed by atoms with Gasteiger partial charge in [0.05, 0.1) is 18.5 Å². The van der Waals surface area contributed by atoms with Crippen LogP contribution in [0.1, 0.15) is 12.0 Å². The number of methoxy groups -OCH3 is 1. The molecular weight excluding hydrogens is 334 g/mol. The number of nitrogens with one attached hydrogen (secondary N) is 1. The zero-order valence-electron chi connectivity index (χ0n) is 14.1. The number of benzene rings is 1. The molecule has 1 aromatic carbocycles. The Morgan fingerprint density at radius 3 is 2.80 bits per heavy atom. The van der Waals surface area contributed by atoms with E-state index in [1.807, 2.05) is 52.7 Å². The summed E-state index contributed by atoms with van der Waals surface area (Å²) in [7, 11) is 1.64. The lowest BCUT2D eigenvalue weighted by Crippen LogP contribution is -2.27. The maximum absolute atomic E-state index is 12.0. The molecule has 0 saturated heterocycles. The van der Waals surface area contributed by atoms with Crippen LogP contribution >= 0.6 is 11.3 Å². The minimum Gasteiger partial charge on any atom is -0.497 e. The number of nitrogens with zero attached hydrogens (tertiary/aromatic N) is 2. The van der Waals surface area contributed by atoms with E-state index in [0.717, 1.165) is 28.3 Å². The third-order valence-electron chi connectivity index (χ3n) is 3.88. The number of thiophene rings is 1. The molecule has 0 aliphatic carbocycles. The largest absolute Gasteiger partial charge is 0.497 e. The van der Waals surface area contributed by atoms with Gasteiger partial charge in [-0.05, 0) is 41.6 Å². The van der Waals surface area contributed by atoms with Gasteiger partial charge in [0.15, 0.2) is 0 Å². The van der Waals surface area contributed by atoms with Crippen LogP contribution in [0.4, 0.5) is 0 Å². The van der Waals surface area contributed by atoms with Gasteiger partial charge in [-0.2, -0.15) is 5.10 Å². The van der Waals surface area contributed by atoms with Crippen molar-refractivity contribution < 1.29 is 9.53 Å². The summed E-state index contributed by atoms with van der Waals surface area (Å²) in [5, 5.41) is 9.51. The van der Waals surface area contributed by atoms with Crippen LogP contribution in [0.25, 0.3) is 10.6 Å². The van der Waals surface area contributed by atoms with E-state index in [9.17, 15) is 4.79 Å². The molecule has 0 saturated carbocycles. The first kappa shape index (κ1) is 17.2. The molecule has 0 spiro atoms. The highest BCUT2D eigenvalue weighted by molar-refractivity contribution is 7.13. The molecular formula is C19H21N3O2S. The fraction of sp³-hybridized carbons (Fsp3) is 0.263. The van der Waals surface area contributed by atoms with E-state index in [0.29, 0.717) is 19.5 Å². The summed E-state index contributed by atoms with van der Waals surface area (Å²) in [5.41, 5.74) is 2.10. The molecule has 0 aliphatic rings. The highest BCUT2D eigenvalue weighted by Gasteiger charge is 2.05. The fourth-order valence-corrected chi connectivity index (χ4v) is 3.18. The van der Waals surface area contributed by atoms with Gasteiger partial charge in [0.1, 0.15) is 11.4 Å². The molecule has 2 aromatic heterocycles. The average Bonchev–Trinajstić information content (AvgIpc) is 3.32. The van der Waals surface area contributed by atoms with Gasteiger partial charge >= 0.3 is 0 Å². The first-order valence-corrected chi connectivity index (χ1v) is 9.09. The Labute approximate surface area is 151 Å². The quantitative estimate of drug-likeness (QED) is 0.674. The standard InChI is InChI=1S/C19H21N3O2S/c1-24-16-7-4-15(5-8-16)6-9-19(23)20-11-13-22-12-10-17(21-22)18-3-2-14-25-18/h2-5,7-8,10,12,14H,6,9,11,13H2,1H3,(H,20,23). The summed E-state index contributed by atoms with van der Waals surface area (Å²) < 4.78 is 6.99. The van der Waals surface area contributed by atoms with Gasteiger partial charge in [0.25, 0.3) is 0 Å². The van der Waals surface area contributed by atoms with Gasteiger partial charge in [-0.25, -0.2) is 0 Å². The topological polar surface area (TPSA) is 56.1 Å². The second-order valence-electron chi connectivity index (χ2n) is 5.64. The molecule has 2 heterocycles. The van der Waals surface area contributed by atoms with Crippen molar-refractivity contribution in [2.45, 2.75) is 19.4 Å². The molecule has 0 unspecified atom stereocenters. The molecule has 1 amide bonds. The van der Waals surface area contributed by atoms with Gasteiger partial charge < -0.3 is 10.1 Å². The van der Waals surface area contributed by atoms with Crippen LogP contribution in [-0.4, -0.2) is 29.3 Å². The molecule has 0 fully saturated rings. The number of ether oxygens (including phenoxy) is 1. The number of rotatable bonds is 8. The minimum atomic E-state index is 0.0569. The van der Waals surface area contributed by atoms with Crippen LogP contribution in [0.2, 0.25) is 0 Å². The molecule has 130 valence electrons. The van der Waals surface area contributed by atoms with E-state index >= 15 is 0 Å². The van der Waals surface area contributed by atoms with Crippen LogP contribution in [0.3, 0.4) is 0 Å². The Hall–Kier alpha value is -2.60. The molecule has 0 aliphatic heterocycles.